The third kappa shape index (κ3) is 8.63. The van der Waals surface area contributed by atoms with Gasteiger partial charge in [0.15, 0.2) is 0 Å². The van der Waals surface area contributed by atoms with Crippen LogP contribution >= 0.6 is 12.6 Å². The summed E-state index contributed by atoms with van der Waals surface area (Å²) < 4.78 is 0. The summed E-state index contributed by atoms with van der Waals surface area (Å²) in [5.41, 5.74) is 16.2. The molecule has 0 bridgehead atoms. The minimum atomic E-state index is -1.16. The second-order valence-electron chi connectivity index (χ2n) is 7.73. The molecule has 1 aliphatic rings. The molecule has 1 saturated heterocycles. The van der Waals surface area contributed by atoms with Gasteiger partial charge in [0.25, 0.3) is 0 Å². The zero-order chi connectivity index (χ0) is 24.3. The van der Waals surface area contributed by atoms with Gasteiger partial charge in [-0.1, -0.05) is 0 Å². The van der Waals surface area contributed by atoms with Crippen molar-refractivity contribution in [2.24, 2.45) is 17.2 Å². The number of nitrogens with one attached hydrogen (secondary N) is 2. The molecule has 12 nitrogen and oxygen atoms in total. The fourth-order valence-corrected chi connectivity index (χ4v) is 3.66. The highest BCUT2D eigenvalue weighted by molar-refractivity contribution is 7.80. The monoisotopic (exact) mass is 474 g/mol. The number of unbranched alkanes of at least 4 members (excludes halogenated alkanes) is 1. The van der Waals surface area contributed by atoms with Crippen LogP contribution in [0.25, 0.3) is 0 Å². The molecule has 0 aromatic heterocycles. The lowest BCUT2D eigenvalue weighted by Gasteiger charge is -2.29. The fourth-order valence-electron chi connectivity index (χ4n) is 3.41. The number of nitrogens with two attached hydrogens (primary N) is 3. The van der Waals surface area contributed by atoms with Crippen molar-refractivity contribution < 1.29 is 29.1 Å². The maximum Gasteiger partial charge on any atom is 0.326 e. The van der Waals surface area contributed by atoms with Crippen molar-refractivity contribution in [3.63, 3.8) is 0 Å². The molecule has 0 saturated carbocycles. The normalized spacial score (nSPS) is 18.5. The molecular formula is C19H34N6O6S. The molecule has 0 aliphatic carbocycles. The predicted octanol–water partition coefficient (Wildman–Crippen LogP) is -2.32. The third-order valence-electron chi connectivity index (χ3n) is 5.24. The third-order valence-corrected chi connectivity index (χ3v) is 5.60. The van der Waals surface area contributed by atoms with Crippen molar-refractivity contribution in [2.75, 3.05) is 18.8 Å². The van der Waals surface area contributed by atoms with Crippen molar-refractivity contribution in [3.05, 3.63) is 0 Å². The van der Waals surface area contributed by atoms with Crippen molar-refractivity contribution >= 4 is 42.2 Å². The number of rotatable bonds is 14. The van der Waals surface area contributed by atoms with Crippen LogP contribution in [0.2, 0.25) is 0 Å². The highest BCUT2D eigenvalue weighted by atomic mass is 32.1. The Morgan fingerprint density at radius 3 is 2.34 bits per heavy atom. The number of hydrogen-bond donors (Lipinski definition) is 7. The first-order valence-electron chi connectivity index (χ1n) is 10.6. The van der Waals surface area contributed by atoms with Crippen LogP contribution in [0.4, 0.5) is 0 Å². The summed E-state index contributed by atoms with van der Waals surface area (Å²) in [4.78, 5) is 61.6. The number of carboxylic acids is 1. The van der Waals surface area contributed by atoms with Gasteiger partial charge in [-0.05, 0) is 45.1 Å². The van der Waals surface area contributed by atoms with E-state index >= 15 is 0 Å². The highest BCUT2D eigenvalue weighted by Gasteiger charge is 2.38. The van der Waals surface area contributed by atoms with E-state index in [0.717, 1.165) is 0 Å². The van der Waals surface area contributed by atoms with Crippen LogP contribution < -0.4 is 27.8 Å². The van der Waals surface area contributed by atoms with Gasteiger partial charge in [0.2, 0.25) is 23.6 Å². The molecule has 9 N–H and O–H groups in total. The Kier molecular flexibility index (Phi) is 12.0. The molecule has 1 heterocycles. The highest BCUT2D eigenvalue weighted by Crippen LogP contribution is 2.19. The van der Waals surface area contributed by atoms with Crippen molar-refractivity contribution in [1.29, 1.82) is 0 Å². The number of aliphatic carboxylic acids is 1. The summed E-state index contributed by atoms with van der Waals surface area (Å²) in [6.07, 6.45) is 2.31. The van der Waals surface area contributed by atoms with E-state index in [2.05, 4.69) is 23.3 Å². The standard InChI is InChI=1S/C19H34N6O6S/c20-8-2-1-4-12(19(30)31)23-17(28)14-5-3-9-25(14)18(29)13(10-32)24-16(27)11(21)6-7-15(22)26/h11-14,32H,1-10,20-21H2,(H2,22,26)(H,23,28)(H,24,27)(H,30,31). The quantitative estimate of drug-likeness (QED) is 0.107. The molecule has 0 aromatic carbocycles. The number of likely N-dealkylation sites (tertiary alicyclic amines) is 1. The molecule has 0 spiro atoms. The summed E-state index contributed by atoms with van der Waals surface area (Å²) in [6.45, 7) is 0.712. The summed E-state index contributed by atoms with van der Waals surface area (Å²) in [5.74, 6) is -3.49. The Balaban J connectivity index is 2.76. The Morgan fingerprint density at radius 1 is 1.09 bits per heavy atom. The van der Waals surface area contributed by atoms with Crippen LogP contribution in [-0.4, -0.2) is 82.6 Å². The Labute approximate surface area is 192 Å². The summed E-state index contributed by atoms with van der Waals surface area (Å²) in [7, 11) is 0. The van der Waals surface area contributed by atoms with E-state index in [4.69, 9.17) is 17.2 Å². The van der Waals surface area contributed by atoms with E-state index in [1.54, 1.807) is 0 Å². The summed E-state index contributed by atoms with van der Waals surface area (Å²) >= 11 is 4.12. The molecule has 4 atom stereocenters. The number of hydrogen-bond acceptors (Lipinski definition) is 8. The topological polar surface area (TPSA) is 211 Å². The molecule has 32 heavy (non-hydrogen) atoms. The van der Waals surface area contributed by atoms with Gasteiger partial charge in [-0.2, -0.15) is 12.6 Å². The number of carbonyl (C=O) groups excluding carboxylic acids is 4. The summed E-state index contributed by atoms with van der Waals surface area (Å²) in [6, 6.07) is -3.98. The van der Waals surface area contributed by atoms with E-state index in [1.165, 1.54) is 4.90 Å². The molecular weight excluding hydrogens is 440 g/mol. The van der Waals surface area contributed by atoms with Crippen LogP contribution in [0.5, 0.6) is 0 Å². The molecule has 4 unspecified atom stereocenters. The maximum absolute atomic E-state index is 13.0. The summed E-state index contributed by atoms with van der Waals surface area (Å²) in [5, 5.41) is 14.4. The lowest BCUT2D eigenvalue weighted by molar-refractivity contribution is -0.144. The zero-order valence-electron chi connectivity index (χ0n) is 18.0. The average molecular weight is 475 g/mol. The smallest absolute Gasteiger partial charge is 0.326 e. The van der Waals surface area contributed by atoms with Gasteiger partial charge in [0.1, 0.15) is 18.1 Å². The van der Waals surface area contributed by atoms with Gasteiger partial charge in [-0.25, -0.2) is 4.79 Å². The first kappa shape index (κ1) is 27.7. The van der Waals surface area contributed by atoms with Gasteiger partial charge in [0.05, 0.1) is 6.04 Å². The van der Waals surface area contributed by atoms with Crippen molar-refractivity contribution in [1.82, 2.24) is 15.5 Å². The van der Waals surface area contributed by atoms with Crippen molar-refractivity contribution in [2.45, 2.75) is 69.1 Å². The van der Waals surface area contributed by atoms with E-state index in [0.29, 0.717) is 32.2 Å². The lowest BCUT2D eigenvalue weighted by atomic mass is 10.1. The van der Waals surface area contributed by atoms with Crippen molar-refractivity contribution in [3.8, 4) is 0 Å². The van der Waals surface area contributed by atoms with E-state index < -0.39 is 53.8 Å². The second-order valence-corrected chi connectivity index (χ2v) is 8.09. The van der Waals surface area contributed by atoms with Gasteiger partial charge < -0.3 is 37.8 Å². The van der Waals surface area contributed by atoms with Crippen LogP contribution in [0, 0.1) is 0 Å². The Hall–Kier alpha value is -2.38. The molecule has 0 radical (unpaired) electrons. The molecule has 0 aromatic rings. The van der Waals surface area contributed by atoms with Crippen LogP contribution in [-0.2, 0) is 24.0 Å². The minimum Gasteiger partial charge on any atom is -0.480 e. The van der Waals surface area contributed by atoms with Gasteiger partial charge in [-0.15, -0.1) is 0 Å². The molecule has 182 valence electrons. The van der Waals surface area contributed by atoms with E-state index in [9.17, 15) is 29.1 Å². The van der Waals surface area contributed by atoms with E-state index in [-0.39, 0.29) is 31.6 Å². The van der Waals surface area contributed by atoms with E-state index in [1.807, 2.05) is 0 Å². The van der Waals surface area contributed by atoms with Gasteiger partial charge in [-0.3, -0.25) is 19.2 Å². The van der Waals surface area contributed by atoms with Crippen LogP contribution in [0.3, 0.4) is 0 Å². The number of amides is 4. The Bertz CT molecular complexity index is 693. The van der Waals surface area contributed by atoms with Crippen LogP contribution in [0.15, 0.2) is 0 Å². The number of thiol groups is 1. The maximum atomic E-state index is 13.0. The second kappa shape index (κ2) is 13.9. The minimum absolute atomic E-state index is 0.0319. The molecule has 4 amide bonds. The number of carbonyl (C=O) groups is 5. The van der Waals surface area contributed by atoms with Gasteiger partial charge >= 0.3 is 5.97 Å². The first-order chi connectivity index (χ1) is 15.1. The number of carboxylic acid groups (broad SMARTS) is 1. The molecule has 1 fully saturated rings. The molecule has 1 rings (SSSR count). The average Bonchev–Trinajstić information content (AvgIpc) is 3.24. The first-order valence-corrected chi connectivity index (χ1v) is 11.2. The zero-order valence-corrected chi connectivity index (χ0v) is 18.9. The molecule has 1 aliphatic heterocycles. The number of primary amides is 1. The SMILES string of the molecule is NCCCCC(NC(=O)C1CCCN1C(=O)C(CS)NC(=O)C(N)CCC(N)=O)C(=O)O. The largest absolute Gasteiger partial charge is 0.480 e. The lowest BCUT2D eigenvalue weighted by Crippen LogP contribution is -2.57. The number of nitrogens with zero attached hydrogens (tertiary/aromatic N) is 1. The van der Waals surface area contributed by atoms with Gasteiger partial charge in [0, 0.05) is 18.7 Å². The Morgan fingerprint density at radius 2 is 1.78 bits per heavy atom. The predicted molar refractivity (Wildman–Crippen MR) is 119 cm³/mol. The van der Waals surface area contributed by atoms with Crippen LogP contribution in [0.1, 0.15) is 44.9 Å². The molecule has 13 heteroatoms. The fraction of sp³-hybridized carbons (Fsp3) is 0.737.